The first kappa shape index (κ1) is 93.1. The van der Waals surface area contributed by atoms with Crippen LogP contribution in [0.15, 0.2) is 0 Å². The largest absolute Gasteiger partial charge is 0.469 e. The molecule has 0 aromatic carbocycles. The first-order valence-corrected chi connectivity index (χ1v) is 37.7. The number of unbranched alkanes of at least 4 members (excludes halogenated alkanes) is 4. The lowest BCUT2D eigenvalue weighted by molar-refractivity contribution is -0.403. The molecule has 628 valence electrons. The van der Waals surface area contributed by atoms with Crippen LogP contribution in [0.2, 0.25) is 0 Å². The van der Waals surface area contributed by atoms with Crippen molar-refractivity contribution in [1.82, 2.24) is 0 Å². The van der Waals surface area contributed by atoms with E-state index in [2.05, 4.69) is 4.74 Å². The number of aliphatic hydroxyl groups excluding tert-OH is 15. The van der Waals surface area contributed by atoms with Crippen LogP contribution in [0.25, 0.3) is 0 Å². The molecule has 6 saturated heterocycles. The summed E-state index contributed by atoms with van der Waals surface area (Å²) in [5.41, 5.74) is 0. The van der Waals surface area contributed by atoms with E-state index in [1.807, 2.05) is 6.92 Å². The van der Waals surface area contributed by atoms with Gasteiger partial charge in [0.05, 0.1) is 99.2 Å². The Labute approximate surface area is 628 Å². The van der Waals surface area contributed by atoms with Crippen LogP contribution in [0, 0.1) is 23.7 Å². The van der Waals surface area contributed by atoms with Gasteiger partial charge in [-0.1, -0.05) is 59.3 Å². The fraction of sp³-hybridized carbons (Fsp3) is 0.930. The van der Waals surface area contributed by atoms with E-state index in [0.29, 0.717) is 51.4 Å². The molecule has 15 N–H and O–H groups in total. The molecular weight excluding hydrogens is 1440 g/mol. The average molecular weight is 1570 g/mol. The van der Waals surface area contributed by atoms with Crippen LogP contribution >= 0.6 is 0 Å². The lowest BCUT2D eigenvalue weighted by atomic mass is 9.95. The van der Waals surface area contributed by atoms with Gasteiger partial charge in [0.1, 0.15) is 110 Å². The van der Waals surface area contributed by atoms with Gasteiger partial charge < -0.3 is 157 Å². The standard InChI is InChI=1S/C71H122O37/c1-15-22-40(24-21-19-17-18-20-23-39(75)25-43(76)92-14)99-70-60(49(82)46(79)42(101-70)27-93-66-52(85)50(83)55(36(11)96-66)102-64(90)30(5)33(8)74)108-71-61(48(81)45(78)41(26-72)100-71)107-69-53(86)58(104-62(88)28(3)16-2)57(38(13)98-69)105-68-54(87)59(106-67-51(84)47(80)44(77)35(10)95-67)56(37(12)97-68)103-65(91)31(6)34(9)94-63(89)29(4)32(7)73/h28-42,44-61,66-75,77-87H,15-27H2,1-14H3/t28-,29+,30-,31+,32+,33-,34+,35-,36-,37+,38-,39-,40-,41+,42+,44-,45+,46+,47+,48-,49-,50-,51+,52+,53+,54+,55-,56+,57-,58-,59+,60+,61+,66+,67-,68-,69-,70+,71-/m0/s1. The van der Waals surface area contributed by atoms with Crippen LogP contribution in [0.4, 0.5) is 0 Å². The second-order valence-corrected chi connectivity index (χ2v) is 29.6. The number of carbonyl (C=O) groups is 5. The molecule has 0 spiro atoms. The maximum absolute atomic E-state index is 14.0. The number of hydrogen-bond acceptors (Lipinski definition) is 37. The highest BCUT2D eigenvalue weighted by molar-refractivity contribution is 5.76. The van der Waals surface area contributed by atoms with Crippen molar-refractivity contribution in [2.45, 2.75) is 375 Å². The Kier molecular flexibility index (Phi) is 37.2. The van der Waals surface area contributed by atoms with Crippen LogP contribution in [-0.4, -0.2) is 342 Å². The van der Waals surface area contributed by atoms with Crippen molar-refractivity contribution < 1.29 is 181 Å². The molecule has 6 aliphatic rings. The van der Waals surface area contributed by atoms with Crippen LogP contribution in [-0.2, 0) is 104 Å². The van der Waals surface area contributed by atoms with E-state index in [-0.39, 0.29) is 12.8 Å². The number of rotatable bonds is 38. The predicted octanol–water partition coefficient (Wildman–Crippen LogP) is -2.84. The second-order valence-electron chi connectivity index (χ2n) is 29.6. The molecule has 0 aliphatic carbocycles. The lowest BCUT2D eigenvalue weighted by Gasteiger charge is -2.50. The smallest absolute Gasteiger partial charge is 0.312 e. The molecule has 37 nitrogen and oxygen atoms in total. The van der Waals surface area contributed by atoms with Crippen molar-refractivity contribution in [2.24, 2.45) is 23.7 Å². The molecule has 6 aliphatic heterocycles. The molecule has 37 heteroatoms. The minimum Gasteiger partial charge on any atom is -0.469 e. The summed E-state index contributed by atoms with van der Waals surface area (Å²) in [5.74, 6) is -8.21. The number of ether oxygens (including phenoxy) is 17. The Morgan fingerprint density at radius 2 is 0.861 bits per heavy atom. The molecule has 0 radical (unpaired) electrons. The van der Waals surface area contributed by atoms with Gasteiger partial charge in [-0.2, -0.15) is 0 Å². The van der Waals surface area contributed by atoms with Crippen LogP contribution < -0.4 is 0 Å². The van der Waals surface area contributed by atoms with Gasteiger partial charge in [-0.3, -0.25) is 24.0 Å². The molecule has 0 amide bonds. The number of methoxy groups -OCH3 is 1. The van der Waals surface area contributed by atoms with Gasteiger partial charge in [-0.05, 0) is 94.9 Å². The molecule has 6 rings (SSSR count). The highest BCUT2D eigenvalue weighted by Gasteiger charge is 2.59. The van der Waals surface area contributed by atoms with Crippen molar-refractivity contribution in [3.8, 4) is 0 Å². The maximum Gasteiger partial charge on any atom is 0.312 e. The molecule has 108 heavy (non-hydrogen) atoms. The van der Waals surface area contributed by atoms with E-state index in [4.69, 9.17) is 75.8 Å². The second kappa shape index (κ2) is 43.1. The van der Waals surface area contributed by atoms with E-state index >= 15 is 0 Å². The first-order chi connectivity index (χ1) is 50.8. The summed E-state index contributed by atoms with van der Waals surface area (Å²) in [5, 5.41) is 168. The van der Waals surface area contributed by atoms with Gasteiger partial charge in [0.2, 0.25) is 0 Å². The SMILES string of the molecule is CCC[C@@H](CCCCCCC[C@H](O)CC(=O)OC)O[C@@H]1O[C@H](CO[C@@H]2O[C@@H](C)[C@H](OC(=O)[C@@H](C)[C@H](C)O)[C@@H](O)[C@H]2O)[C@@H](O)[C@H](O)[C@H]1O[C@@H]1O[C@H](CO)[C@@H](O)[C@H](O)[C@H]1O[C@@H]1O[C@@H](C)[C@H](O[C@@H]2O[C@H](C)[C@@H](OC(=O)[C@H](C)[C@@H](C)OC(=O)[C@H](C)[C@@H](C)O)[C@H](O[C@@H]3O[C@@H](C)[C@H](O)[C@@H](O)[C@H]3O)[C@H]2O)[C@@H](OC(=O)[C@@H](C)CC)[C@H]1O. The van der Waals surface area contributed by atoms with Crippen LogP contribution in [0.1, 0.15) is 161 Å². The predicted molar refractivity (Wildman–Crippen MR) is 364 cm³/mol. The van der Waals surface area contributed by atoms with E-state index < -0.39 is 281 Å². The van der Waals surface area contributed by atoms with Gasteiger partial charge in [-0.25, -0.2) is 0 Å². The highest BCUT2D eigenvalue weighted by Crippen LogP contribution is 2.39. The molecule has 6 heterocycles. The van der Waals surface area contributed by atoms with Crippen molar-refractivity contribution in [3.63, 3.8) is 0 Å². The first-order valence-electron chi connectivity index (χ1n) is 37.7. The molecular formula is C71H122O37. The Bertz CT molecular complexity index is 2720. The molecule has 39 atom stereocenters. The third-order valence-electron chi connectivity index (χ3n) is 21.1. The van der Waals surface area contributed by atoms with E-state index in [1.54, 1.807) is 6.92 Å². The zero-order valence-corrected chi connectivity index (χ0v) is 63.9. The number of carbonyl (C=O) groups excluding carboxylic acids is 5. The Balaban J connectivity index is 1.28. The van der Waals surface area contributed by atoms with Crippen molar-refractivity contribution in [2.75, 3.05) is 20.3 Å². The monoisotopic (exact) mass is 1570 g/mol. The summed E-state index contributed by atoms with van der Waals surface area (Å²) in [6.07, 6.45) is -53.5. The topological polar surface area (TPSA) is 546 Å². The molecule has 0 aromatic rings. The third-order valence-corrected chi connectivity index (χ3v) is 21.1. The zero-order chi connectivity index (χ0) is 80.6. The summed E-state index contributed by atoms with van der Waals surface area (Å²) in [6, 6.07) is 0. The van der Waals surface area contributed by atoms with Crippen LogP contribution in [0.3, 0.4) is 0 Å². The van der Waals surface area contributed by atoms with Crippen LogP contribution in [0.5, 0.6) is 0 Å². The lowest BCUT2D eigenvalue weighted by Crippen LogP contribution is -2.68. The Morgan fingerprint density at radius 1 is 0.407 bits per heavy atom. The maximum atomic E-state index is 14.0. The van der Waals surface area contributed by atoms with Gasteiger partial charge in [0.15, 0.2) is 56.1 Å². The Hall–Kier alpha value is -3.73. The average Bonchev–Trinajstić information content (AvgIpc) is 0.770. The van der Waals surface area contributed by atoms with Gasteiger partial charge in [0.25, 0.3) is 0 Å². The number of aliphatic hydroxyl groups is 15. The van der Waals surface area contributed by atoms with E-state index in [0.717, 1.165) is 6.42 Å². The summed E-state index contributed by atoms with van der Waals surface area (Å²) >= 11 is 0. The quantitative estimate of drug-likeness (QED) is 0.0168. The normalized spacial score (nSPS) is 40.0. The number of esters is 5. The highest BCUT2D eigenvalue weighted by atomic mass is 16.8. The van der Waals surface area contributed by atoms with E-state index in [1.165, 1.54) is 83.3 Å². The molecule has 0 saturated carbocycles. The van der Waals surface area contributed by atoms with Gasteiger partial charge in [0, 0.05) is 0 Å². The Morgan fingerprint density at radius 3 is 1.45 bits per heavy atom. The fourth-order valence-corrected chi connectivity index (χ4v) is 13.0. The molecule has 0 aromatic heterocycles. The fourth-order valence-electron chi connectivity index (χ4n) is 13.0. The van der Waals surface area contributed by atoms with Crippen molar-refractivity contribution >= 4 is 29.8 Å². The zero-order valence-electron chi connectivity index (χ0n) is 63.9. The third kappa shape index (κ3) is 24.2. The summed E-state index contributed by atoms with van der Waals surface area (Å²) in [7, 11) is 1.24. The van der Waals surface area contributed by atoms with E-state index in [9.17, 15) is 101 Å². The number of hydrogen-bond donors (Lipinski definition) is 15. The molecule has 0 unspecified atom stereocenters. The molecule has 0 bridgehead atoms. The summed E-state index contributed by atoms with van der Waals surface area (Å²) < 4.78 is 102. The van der Waals surface area contributed by atoms with Crippen molar-refractivity contribution in [1.29, 1.82) is 0 Å². The van der Waals surface area contributed by atoms with Gasteiger partial charge in [-0.15, -0.1) is 0 Å². The summed E-state index contributed by atoms with van der Waals surface area (Å²) in [6.45, 7) is 17.3. The minimum atomic E-state index is -2.19. The van der Waals surface area contributed by atoms with Gasteiger partial charge >= 0.3 is 29.8 Å². The summed E-state index contributed by atoms with van der Waals surface area (Å²) in [4.78, 5) is 65.2. The minimum absolute atomic E-state index is 0.136. The molecule has 6 fully saturated rings. The van der Waals surface area contributed by atoms with Crippen molar-refractivity contribution in [3.05, 3.63) is 0 Å².